The van der Waals surface area contributed by atoms with Crippen LogP contribution in [-0.2, 0) is 0 Å². The lowest BCUT2D eigenvalue weighted by molar-refractivity contribution is 1.06. The highest BCUT2D eigenvalue weighted by Gasteiger charge is 2.21. The average molecular weight is 1620 g/mol. The summed E-state index contributed by atoms with van der Waals surface area (Å²) in [6.45, 7) is 12.2. The number of fused-ring (bicyclic) bond motifs is 9. The number of rotatable bonds is 13. The maximum Gasteiger partial charge on any atom is 0.182 e. The molecule has 0 bridgehead atoms. The molecule has 0 spiro atoms. The Bertz CT molecular complexity index is 7430. The summed E-state index contributed by atoms with van der Waals surface area (Å²) in [6.07, 6.45) is 5.33. The molecule has 12 heterocycles. The summed E-state index contributed by atoms with van der Waals surface area (Å²) in [7, 11) is 0. The van der Waals surface area contributed by atoms with Crippen molar-refractivity contribution in [1.29, 1.82) is 0 Å². The van der Waals surface area contributed by atoms with Crippen molar-refractivity contribution in [3.8, 4) is 147 Å². The van der Waals surface area contributed by atoms with Gasteiger partial charge in [-0.25, -0.2) is 34.9 Å². The normalized spacial score (nSPS) is 11.3. The van der Waals surface area contributed by atoms with Crippen molar-refractivity contribution in [2.24, 2.45) is 0 Å². The quantitative estimate of drug-likeness (QED) is 0.0984. The van der Waals surface area contributed by atoms with E-state index in [0.717, 1.165) is 212 Å². The molecule has 0 amide bonds. The van der Waals surface area contributed by atoms with Gasteiger partial charge in [-0.1, -0.05) is 237 Å². The molecular weight excluding hydrogens is 1550 g/mol. The van der Waals surface area contributed by atoms with Crippen molar-refractivity contribution in [3.63, 3.8) is 0 Å². The first-order chi connectivity index (χ1) is 61.8. The van der Waals surface area contributed by atoms with E-state index in [-0.39, 0.29) is 0 Å². The molecule has 16 nitrogen and oxygen atoms in total. The molecule has 0 radical (unpaired) electrons. The largest absolute Gasteiger partial charge is 0.255 e. The third-order valence-electron chi connectivity index (χ3n) is 22.2. The van der Waals surface area contributed by atoms with E-state index in [9.17, 15) is 0 Å². The van der Waals surface area contributed by atoms with E-state index in [2.05, 4.69) is 192 Å². The minimum atomic E-state index is 0.535. The van der Waals surface area contributed by atoms with E-state index < -0.39 is 0 Å². The minimum Gasteiger partial charge on any atom is -0.255 e. The summed E-state index contributed by atoms with van der Waals surface area (Å²) < 4.78 is 0. The van der Waals surface area contributed by atoms with Crippen LogP contribution in [0.4, 0.5) is 0 Å². The predicted molar refractivity (Wildman–Crippen MR) is 508 cm³/mol. The van der Waals surface area contributed by atoms with Gasteiger partial charge in [-0.05, 0) is 195 Å². The molecule has 10 aromatic carbocycles. The van der Waals surface area contributed by atoms with Crippen LogP contribution in [0.3, 0.4) is 0 Å². The van der Waals surface area contributed by atoms with Gasteiger partial charge in [-0.15, -0.1) is 0 Å². The van der Waals surface area contributed by atoms with Crippen LogP contribution in [0.25, 0.3) is 212 Å². The van der Waals surface area contributed by atoms with Crippen LogP contribution in [0.1, 0.15) is 34.2 Å². The fourth-order valence-corrected chi connectivity index (χ4v) is 16.2. The van der Waals surface area contributed by atoms with Gasteiger partial charge in [-0.2, -0.15) is 0 Å². The first-order valence-corrected chi connectivity index (χ1v) is 41.7. The van der Waals surface area contributed by atoms with E-state index >= 15 is 0 Å². The van der Waals surface area contributed by atoms with E-state index in [0.29, 0.717) is 34.8 Å². The number of pyridine rings is 9. The Balaban J connectivity index is 0.000000120. The smallest absolute Gasteiger partial charge is 0.182 e. The SMILES string of the molecule is Cc1ccc2ccc3c(-c4cccc(-c5cccc(-c6cc(-c7ccccn7)nc(-c7ccccc7)n6)c5)c4)cc(C)nc3c2n1.Cc1ccc2ccc3c(-c4cccc(-c5nc(-c6ccccc6)cc(-c6ccccn6)n5)c4)cc(C)nc3c2n1.Cc1ccc2ccc3c(-c4cccc(-c5nc(-c6ccccc6)nc(-c6ccccn6)n5)c4)cc(C)nc3c2n1. The Kier molecular flexibility index (Phi) is 21.0. The Hall–Kier alpha value is -16.7. The number of aryl methyl sites for hydroxylation is 6. The van der Waals surface area contributed by atoms with Crippen molar-refractivity contribution in [3.05, 3.63) is 399 Å². The fraction of sp³-hybridized carbons (Fsp3) is 0.0545. The average Bonchev–Trinajstić information content (AvgIpc) is 0.764. The topological polar surface area (TPSA) is 206 Å². The van der Waals surface area contributed by atoms with E-state index in [1.807, 2.05) is 211 Å². The number of nitrogens with zero attached hydrogens (tertiary/aromatic N) is 16. The third kappa shape index (κ3) is 16.2. The van der Waals surface area contributed by atoms with Crippen molar-refractivity contribution in [2.75, 3.05) is 0 Å². The molecule has 126 heavy (non-hydrogen) atoms. The summed E-state index contributed by atoms with van der Waals surface area (Å²) in [4.78, 5) is 77.3. The molecule has 598 valence electrons. The highest BCUT2D eigenvalue weighted by Crippen LogP contribution is 2.41. The van der Waals surface area contributed by atoms with Crippen LogP contribution in [-0.4, -0.2) is 79.7 Å². The number of hydrogen-bond acceptors (Lipinski definition) is 16. The Morgan fingerprint density at radius 2 is 0.437 bits per heavy atom. The molecular formula is C110H78N16. The first-order valence-electron chi connectivity index (χ1n) is 41.7. The summed E-state index contributed by atoms with van der Waals surface area (Å²) in [5, 5.41) is 6.49. The van der Waals surface area contributed by atoms with Gasteiger partial charge >= 0.3 is 0 Å². The highest BCUT2D eigenvalue weighted by molar-refractivity contribution is 6.11. The van der Waals surface area contributed by atoms with Crippen LogP contribution in [0.2, 0.25) is 0 Å². The highest BCUT2D eigenvalue weighted by atomic mass is 15.0. The lowest BCUT2D eigenvalue weighted by Gasteiger charge is -2.13. The zero-order valence-corrected chi connectivity index (χ0v) is 69.8. The zero-order chi connectivity index (χ0) is 85.1. The molecule has 0 aliphatic rings. The molecule has 0 aliphatic carbocycles. The Labute approximate surface area is 727 Å². The summed E-state index contributed by atoms with van der Waals surface area (Å²) in [6, 6.07) is 117. The van der Waals surface area contributed by atoms with Crippen LogP contribution in [0.5, 0.6) is 0 Å². The van der Waals surface area contributed by atoms with Gasteiger partial charge in [-0.3, -0.25) is 44.9 Å². The fourth-order valence-electron chi connectivity index (χ4n) is 16.2. The van der Waals surface area contributed by atoms with Gasteiger partial charge in [0.15, 0.2) is 29.1 Å². The molecule has 12 aromatic heterocycles. The summed E-state index contributed by atoms with van der Waals surface area (Å²) in [5.41, 5.74) is 31.5. The standard InChI is InChI=1S/C41H29N5.C35H25N5.C34H24N6/c1-26-17-18-28-19-20-34-35(22-27(2)44-40(34)39(28)43-26)32-14-8-12-30(23-32)31-13-9-15-33(24-31)37-25-38(36-16-6-7-21-42-36)46-41(45-37)29-10-4-3-5-11-29;1-22-14-15-25-16-17-28-29(19-23(2)38-34(28)33(25)37-22)26-11-8-12-27(20-26)35-39-31(24-9-4-3-5-10-24)21-32(40-35)30-13-6-7-18-36-30;1-21-14-15-23-16-17-27-28(19-22(2)37-31(27)30(23)36-21)25-11-8-12-26(20-25)33-38-32(24-9-4-3-5-10-24)39-34(40-33)29-13-6-7-18-35-29/h3-25H,1-2H3;3-21H,1-2H3;3-20H,1-2H3. The van der Waals surface area contributed by atoms with Crippen molar-refractivity contribution in [2.45, 2.75) is 41.5 Å². The molecule has 0 saturated carbocycles. The second-order valence-electron chi connectivity index (χ2n) is 31.2. The second-order valence-corrected chi connectivity index (χ2v) is 31.2. The summed E-state index contributed by atoms with van der Waals surface area (Å²) >= 11 is 0. The summed E-state index contributed by atoms with van der Waals surface area (Å²) in [5.74, 6) is 3.06. The molecule has 0 N–H and O–H groups in total. The molecule has 0 fully saturated rings. The van der Waals surface area contributed by atoms with Gasteiger partial charge in [0.05, 0.1) is 67.3 Å². The lowest BCUT2D eigenvalue weighted by atomic mass is 9.94. The molecule has 16 heteroatoms. The number of benzene rings is 10. The van der Waals surface area contributed by atoms with Crippen LogP contribution in [0, 0.1) is 41.5 Å². The van der Waals surface area contributed by atoms with Gasteiger partial charge in [0, 0.05) is 118 Å². The van der Waals surface area contributed by atoms with E-state index in [1.165, 1.54) is 0 Å². The van der Waals surface area contributed by atoms with E-state index in [1.54, 1.807) is 18.6 Å². The Morgan fingerprint density at radius 3 is 0.841 bits per heavy atom. The molecule has 22 aromatic rings. The second kappa shape index (κ2) is 34.1. The first kappa shape index (κ1) is 77.9. The van der Waals surface area contributed by atoms with Crippen molar-refractivity contribution in [1.82, 2.24) is 79.7 Å². The molecule has 0 unspecified atom stereocenters. The lowest BCUT2D eigenvalue weighted by Crippen LogP contribution is -2.01. The molecule has 0 saturated heterocycles. The monoisotopic (exact) mass is 1620 g/mol. The maximum absolute atomic E-state index is 5.02. The maximum atomic E-state index is 5.02. The van der Waals surface area contributed by atoms with Gasteiger partial charge in [0.25, 0.3) is 0 Å². The van der Waals surface area contributed by atoms with Crippen LogP contribution >= 0.6 is 0 Å². The third-order valence-corrected chi connectivity index (χ3v) is 22.2. The molecule has 0 atom stereocenters. The van der Waals surface area contributed by atoms with Crippen molar-refractivity contribution >= 4 is 65.4 Å². The Morgan fingerprint density at radius 1 is 0.151 bits per heavy atom. The minimum absolute atomic E-state index is 0.535. The van der Waals surface area contributed by atoms with Crippen LogP contribution < -0.4 is 0 Å². The number of aromatic nitrogens is 16. The van der Waals surface area contributed by atoms with E-state index in [4.69, 9.17) is 64.8 Å². The molecule has 0 aliphatic heterocycles. The van der Waals surface area contributed by atoms with Gasteiger partial charge in [0.2, 0.25) is 0 Å². The zero-order valence-electron chi connectivity index (χ0n) is 69.8. The van der Waals surface area contributed by atoms with Crippen molar-refractivity contribution < 1.29 is 0 Å². The predicted octanol–water partition coefficient (Wildman–Crippen LogP) is 25.8. The molecule has 22 rings (SSSR count). The van der Waals surface area contributed by atoms with Gasteiger partial charge in [0.1, 0.15) is 5.69 Å². The number of hydrogen-bond donors (Lipinski definition) is 0. The van der Waals surface area contributed by atoms with Gasteiger partial charge < -0.3 is 0 Å². The van der Waals surface area contributed by atoms with Crippen LogP contribution in [0.15, 0.2) is 364 Å².